The number of nitrogens with zero attached hydrogens (tertiary/aromatic N) is 2. The first-order valence-electron chi connectivity index (χ1n) is 5.62. The Balaban J connectivity index is 2.34. The summed E-state index contributed by atoms with van der Waals surface area (Å²) in [6.45, 7) is 1.68. The van der Waals surface area contributed by atoms with E-state index in [0.29, 0.717) is 16.1 Å². The van der Waals surface area contributed by atoms with Gasteiger partial charge in [0.25, 0.3) is 5.91 Å². The Morgan fingerprint density at radius 2 is 2.15 bits per heavy atom. The number of nitrogens with one attached hydrogen (secondary N) is 1. The second-order valence-electron chi connectivity index (χ2n) is 3.98. The third kappa shape index (κ3) is 2.60. The van der Waals surface area contributed by atoms with Gasteiger partial charge >= 0.3 is 5.97 Å². The van der Waals surface area contributed by atoms with Crippen molar-refractivity contribution in [2.75, 3.05) is 12.4 Å². The molecule has 0 aliphatic heterocycles. The van der Waals surface area contributed by atoms with Crippen LogP contribution < -0.4 is 5.32 Å². The molecule has 0 saturated heterocycles. The highest BCUT2D eigenvalue weighted by Crippen LogP contribution is 2.22. The number of hydrogen-bond donors (Lipinski definition) is 1. The zero-order valence-corrected chi connectivity index (χ0v) is 12.6. The van der Waals surface area contributed by atoms with E-state index in [-0.39, 0.29) is 11.5 Å². The van der Waals surface area contributed by atoms with Gasteiger partial charge in [-0.15, -0.1) is 0 Å². The van der Waals surface area contributed by atoms with Gasteiger partial charge in [0.2, 0.25) is 0 Å². The zero-order chi connectivity index (χ0) is 14.9. The SMILES string of the molecule is COC(=O)c1c(NC(=O)c2ccc(Br)o2)c(C)nn1C. The van der Waals surface area contributed by atoms with Crippen LogP contribution in [0.15, 0.2) is 21.2 Å². The average Bonchev–Trinajstić information content (AvgIpc) is 2.94. The number of hydrogen-bond acceptors (Lipinski definition) is 5. The number of halogens is 1. The molecule has 0 aliphatic carbocycles. The van der Waals surface area contributed by atoms with E-state index >= 15 is 0 Å². The summed E-state index contributed by atoms with van der Waals surface area (Å²) in [5, 5.41) is 6.70. The highest BCUT2D eigenvalue weighted by Gasteiger charge is 2.23. The van der Waals surface area contributed by atoms with E-state index in [1.54, 1.807) is 20.0 Å². The molecule has 1 N–H and O–H groups in total. The summed E-state index contributed by atoms with van der Waals surface area (Å²) in [7, 11) is 2.86. The predicted molar refractivity (Wildman–Crippen MR) is 73.6 cm³/mol. The molecule has 2 aromatic heterocycles. The van der Waals surface area contributed by atoms with Crippen LogP contribution in [0.1, 0.15) is 26.7 Å². The highest BCUT2D eigenvalue weighted by atomic mass is 79.9. The minimum atomic E-state index is -0.580. The van der Waals surface area contributed by atoms with Gasteiger partial charge in [-0.25, -0.2) is 4.79 Å². The Hall–Kier alpha value is -2.09. The standard InChI is InChI=1S/C12H12BrN3O4/c1-6-9(10(12(18)19-3)16(2)15-6)14-11(17)7-4-5-8(13)20-7/h4-5H,1-3H3,(H,14,17). The topological polar surface area (TPSA) is 86.4 Å². The molecule has 2 aromatic rings. The van der Waals surface area contributed by atoms with E-state index in [4.69, 9.17) is 4.42 Å². The molecule has 0 fully saturated rings. The number of esters is 1. The van der Waals surface area contributed by atoms with Gasteiger partial charge in [-0.2, -0.15) is 5.10 Å². The lowest BCUT2D eigenvalue weighted by atomic mass is 10.3. The minimum Gasteiger partial charge on any atom is -0.464 e. The van der Waals surface area contributed by atoms with Crippen molar-refractivity contribution in [1.82, 2.24) is 9.78 Å². The number of aryl methyl sites for hydroxylation is 2. The number of methoxy groups -OCH3 is 1. The molecule has 0 saturated carbocycles. The second kappa shape index (κ2) is 5.49. The van der Waals surface area contributed by atoms with Gasteiger partial charge in [-0.05, 0) is 35.0 Å². The largest absolute Gasteiger partial charge is 0.464 e. The highest BCUT2D eigenvalue weighted by molar-refractivity contribution is 9.10. The maximum absolute atomic E-state index is 12.0. The Morgan fingerprint density at radius 3 is 2.70 bits per heavy atom. The molecule has 0 atom stereocenters. The fraction of sp³-hybridized carbons (Fsp3) is 0.250. The summed E-state index contributed by atoms with van der Waals surface area (Å²) in [6.07, 6.45) is 0. The van der Waals surface area contributed by atoms with Crippen LogP contribution in [0.5, 0.6) is 0 Å². The number of anilines is 1. The van der Waals surface area contributed by atoms with Crippen LogP contribution in [-0.2, 0) is 11.8 Å². The first-order chi connectivity index (χ1) is 9.43. The third-order valence-electron chi connectivity index (χ3n) is 2.64. The minimum absolute atomic E-state index is 0.121. The smallest absolute Gasteiger partial charge is 0.358 e. The summed E-state index contributed by atoms with van der Waals surface area (Å²) < 4.78 is 11.6. The first kappa shape index (κ1) is 14.3. The monoisotopic (exact) mass is 341 g/mol. The van der Waals surface area contributed by atoms with Crippen molar-refractivity contribution in [3.63, 3.8) is 0 Å². The summed E-state index contributed by atoms with van der Waals surface area (Å²) >= 11 is 3.12. The summed E-state index contributed by atoms with van der Waals surface area (Å²) in [4.78, 5) is 23.8. The Morgan fingerprint density at radius 1 is 1.45 bits per heavy atom. The van der Waals surface area contributed by atoms with Crippen LogP contribution in [0.25, 0.3) is 0 Å². The lowest BCUT2D eigenvalue weighted by Crippen LogP contribution is -2.16. The molecule has 0 aliphatic rings. The van der Waals surface area contributed by atoms with Gasteiger partial charge in [0, 0.05) is 7.05 Å². The normalized spacial score (nSPS) is 10.4. The molecule has 20 heavy (non-hydrogen) atoms. The molecule has 2 rings (SSSR count). The number of ether oxygens (including phenoxy) is 1. The van der Waals surface area contributed by atoms with Gasteiger partial charge in [0.15, 0.2) is 16.1 Å². The van der Waals surface area contributed by atoms with Gasteiger partial charge < -0.3 is 14.5 Å². The van der Waals surface area contributed by atoms with E-state index in [1.807, 2.05) is 0 Å². The second-order valence-corrected chi connectivity index (χ2v) is 4.76. The lowest BCUT2D eigenvalue weighted by molar-refractivity contribution is 0.0589. The summed E-state index contributed by atoms with van der Waals surface area (Å²) in [5.74, 6) is -0.933. The number of aromatic nitrogens is 2. The van der Waals surface area contributed by atoms with Crippen LogP contribution in [-0.4, -0.2) is 28.8 Å². The van der Waals surface area contributed by atoms with Gasteiger partial charge in [0.1, 0.15) is 0 Å². The number of carbonyl (C=O) groups excluding carboxylic acids is 2. The molecule has 0 aromatic carbocycles. The molecule has 106 valence electrons. The van der Waals surface area contributed by atoms with Crippen LogP contribution in [0, 0.1) is 6.92 Å². The molecule has 0 bridgehead atoms. The maximum Gasteiger partial charge on any atom is 0.358 e. The van der Waals surface area contributed by atoms with E-state index in [2.05, 4.69) is 31.1 Å². The van der Waals surface area contributed by atoms with E-state index in [0.717, 1.165) is 0 Å². The molecule has 0 spiro atoms. The predicted octanol–water partition coefficient (Wildman–Crippen LogP) is 2.12. The Bertz CT molecular complexity index is 674. The van der Waals surface area contributed by atoms with Crippen molar-refractivity contribution in [3.05, 3.63) is 34.0 Å². The van der Waals surface area contributed by atoms with Crippen molar-refractivity contribution in [2.24, 2.45) is 7.05 Å². The molecule has 0 unspecified atom stereocenters. The molecule has 7 nitrogen and oxygen atoms in total. The quantitative estimate of drug-likeness (QED) is 0.864. The molecular weight excluding hydrogens is 330 g/mol. The van der Waals surface area contributed by atoms with Gasteiger partial charge in [0.05, 0.1) is 18.5 Å². The van der Waals surface area contributed by atoms with Crippen molar-refractivity contribution in [1.29, 1.82) is 0 Å². The van der Waals surface area contributed by atoms with E-state index < -0.39 is 11.9 Å². The molecule has 1 amide bonds. The lowest BCUT2D eigenvalue weighted by Gasteiger charge is -2.05. The van der Waals surface area contributed by atoms with E-state index in [1.165, 1.54) is 17.9 Å². The average molecular weight is 342 g/mol. The van der Waals surface area contributed by atoms with Crippen LogP contribution in [0.3, 0.4) is 0 Å². The van der Waals surface area contributed by atoms with Crippen LogP contribution in [0.2, 0.25) is 0 Å². The fourth-order valence-electron chi connectivity index (χ4n) is 1.75. The van der Waals surface area contributed by atoms with Crippen molar-refractivity contribution in [2.45, 2.75) is 6.92 Å². The Labute approximate surface area is 123 Å². The van der Waals surface area contributed by atoms with Gasteiger partial charge in [-0.3, -0.25) is 9.48 Å². The first-order valence-corrected chi connectivity index (χ1v) is 6.42. The maximum atomic E-state index is 12.0. The number of carbonyl (C=O) groups is 2. The number of rotatable bonds is 3. The third-order valence-corrected chi connectivity index (χ3v) is 3.06. The number of amides is 1. The van der Waals surface area contributed by atoms with Crippen molar-refractivity contribution >= 4 is 33.5 Å². The molecule has 0 radical (unpaired) electrons. The van der Waals surface area contributed by atoms with Crippen molar-refractivity contribution in [3.8, 4) is 0 Å². The molecular formula is C12H12BrN3O4. The summed E-state index contributed by atoms with van der Waals surface area (Å²) in [6, 6.07) is 3.12. The number of furan rings is 1. The molecule has 2 heterocycles. The fourth-order valence-corrected chi connectivity index (χ4v) is 2.06. The Kier molecular flexibility index (Phi) is 3.93. The zero-order valence-electron chi connectivity index (χ0n) is 11.1. The van der Waals surface area contributed by atoms with E-state index in [9.17, 15) is 9.59 Å². The van der Waals surface area contributed by atoms with Crippen LogP contribution in [0.4, 0.5) is 5.69 Å². The van der Waals surface area contributed by atoms with Crippen molar-refractivity contribution < 1.29 is 18.7 Å². The molecule has 8 heteroatoms. The van der Waals surface area contributed by atoms with Crippen LogP contribution >= 0.6 is 15.9 Å². The van der Waals surface area contributed by atoms with Gasteiger partial charge in [-0.1, -0.05) is 0 Å². The summed E-state index contributed by atoms with van der Waals surface area (Å²) in [5.41, 5.74) is 0.979.